The number of thiazole rings is 1. The average Bonchev–Trinajstić information content (AvgIpc) is 3.03. The Morgan fingerprint density at radius 1 is 1.41 bits per heavy atom. The van der Waals surface area contributed by atoms with E-state index in [9.17, 15) is 13.2 Å². The van der Waals surface area contributed by atoms with Crippen LogP contribution in [-0.2, 0) is 14.8 Å². The number of hydrogen-bond donors (Lipinski definition) is 0. The van der Waals surface area contributed by atoms with E-state index in [1.54, 1.807) is 18.2 Å². The number of hydrogen-bond acceptors (Lipinski definition) is 6. The molecule has 0 spiro atoms. The first-order valence-corrected chi connectivity index (χ1v) is 11.1. The molecule has 27 heavy (non-hydrogen) atoms. The summed E-state index contributed by atoms with van der Waals surface area (Å²) in [5, 5.41) is 1.40. The smallest absolute Gasteiger partial charge is 0.340 e. The topological polar surface area (TPSA) is 76.6 Å². The highest BCUT2D eigenvalue weighted by Gasteiger charge is 2.33. The minimum atomic E-state index is -3.73. The SMILES string of the molecule is COC(=O)c1cccc2sc(N(C)S(=O)(=O)C3=C(C)C=C(P)CC3C)nc12. The number of ether oxygens (including phenoxy) is 1. The largest absolute Gasteiger partial charge is 0.465 e. The zero-order chi connectivity index (χ0) is 19.9. The van der Waals surface area contributed by atoms with E-state index < -0.39 is 16.0 Å². The van der Waals surface area contributed by atoms with Crippen molar-refractivity contribution in [1.29, 1.82) is 0 Å². The first kappa shape index (κ1) is 20.0. The summed E-state index contributed by atoms with van der Waals surface area (Å²) in [6.07, 6.45) is 2.57. The summed E-state index contributed by atoms with van der Waals surface area (Å²) in [6, 6.07) is 5.15. The zero-order valence-electron chi connectivity index (χ0n) is 15.5. The molecule has 6 nitrogen and oxygen atoms in total. The van der Waals surface area contributed by atoms with Gasteiger partial charge in [0.25, 0.3) is 10.0 Å². The number of methoxy groups -OCH3 is 1. The van der Waals surface area contributed by atoms with Gasteiger partial charge >= 0.3 is 5.97 Å². The Hall–Kier alpha value is -1.76. The van der Waals surface area contributed by atoms with Gasteiger partial charge in [0.05, 0.1) is 27.8 Å². The molecular formula is C18H21N2O4PS2. The van der Waals surface area contributed by atoms with Crippen LogP contribution in [-0.4, -0.2) is 33.5 Å². The van der Waals surface area contributed by atoms with Crippen LogP contribution in [0.15, 0.2) is 40.1 Å². The van der Waals surface area contributed by atoms with Crippen LogP contribution in [0.5, 0.6) is 0 Å². The summed E-state index contributed by atoms with van der Waals surface area (Å²) in [7, 11) is 1.72. The van der Waals surface area contributed by atoms with Gasteiger partial charge in [0, 0.05) is 7.05 Å². The van der Waals surface area contributed by atoms with Crippen LogP contribution in [0.1, 0.15) is 30.6 Å². The Morgan fingerprint density at radius 3 is 2.74 bits per heavy atom. The van der Waals surface area contributed by atoms with E-state index >= 15 is 0 Å². The lowest BCUT2D eigenvalue weighted by Gasteiger charge is -2.26. The molecule has 1 aliphatic rings. The van der Waals surface area contributed by atoms with Crippen molar-refractivity contribution >= 4 is 51.9 Å². The second-order valence-corrected chi connectivity index (χ2v) is 10.2. The van der Waals surface area contributed by atoms with Gasteiger partial charge in [-0.15, -0.1) is 9.24 Å². The van der Waals surface area contributed by atoms with Crippen LogP contribution in [0.25, 0.3) is 10.2 Å². The Kier molecular flexibility index (Phi) is 5.43. The molecule has 2 unspecified atom stereocenters. The number of aromatic nitrogens is 1. The molecule has 2 atom stereocenters. The maximum Gasteiger partial charge on any atom is 0.340 e. The van der Waals surface area contributed by atoms with E-state index in [4.69, 9.17) is 4.74 Å². The zero-order valence-corrected chi connectivity index (χ0v) is 18.3. The highest BCUT2D eigenvalue weighted by molar-refractivity contribution is 7.96. The monoisotopic (exact) mass is 424 g/mol. The third kappa shape index (κ3) is 3.53. The molecule has 0 bridgehead atoms. The number of anilines is 1. The number of benzene rings is 1. The van der Waals surface area contributed by atoms with Gasteiger partial charge in [-0.3, -0.25) is 0 Å². The molecule has 1 aromatic carbocycles. The summed E-state index contributed by atoms with van der Waals surface area (Å²) in [6.45, 7) is 3.73. The Balaban J connectivity index is 2.09. The number of esters is 1. The number of para-hydroxylation sites is 1. The summed E-state index contributed by atoms with van der Waals surface area (Å²) in [5.41, 5.74) is 1.50. The van der Waals surface area contributed by atoms with Crippen LogP contribution in [0, 0.1) is 5.92 Å². The van der Waals surface area contributed by atoms with E-state index in [1.165, 1.54) is 29.8 Å². The Bertz CT molecular complexity index is 1090. The van der Waals surface area contributed by atoms with Crippen LogP contribution < -0.4 is 4.31 Å². The fraction of sp³-hybridized carbons (Fsp3) is 0.333. The number of fused-ring (bicyclic) bond motifs is 1. The third-order valence-electron chi connectivity index (χ3n) is 4.50. The lowest BCUT2D eigenvalue weighted by molar-refractivity contribution is 0.0603. The van der Waals surface area contributed by atoms with Crippen molar-refractivity contribution in [2.24, 2.45) is 5.92 Å². The summed E-state index contributed by atoms with van der Waals surface area (Å²) in [5.74, 6) is -0.615. The molecule has 0 aliphatic heterocycles. The third-order valence-corrected chi connectivity index (χ3v) is 8.29. The van der Waals surface area contributed by atoms with E-state index in [1.807, 2.05) is 19.9 Å². The van der Waals surface area contributed by atoms with Gasteiger partial charge in [-0.2, -0.15) is 0 Å². The van der Waals surface area contributed by atoms with Crippen LogP contribution in [0.4, 0.5) is 5.13 Å². The van der Waals surface area contributed by atoms with Gasteiger partial charge in [0.2, 0.25) is 0 Å². The van der Waals surface area contributed by atoms with E-state index in [0.717, 1.165) is 15.6 Å². The lowest BCUT2D eigenvalue weighted by Crippen LogP contribution is -2.31. The van der Waals surface area contributed by atoms with Gasteiger partial charge in [0.1, 0.15) is 0 Å². The van der Waals surface area contributed by atoms with Crippen LogP contribution in [0.3, 0.4) is 0 Å². The van der Waals surface area contributed by atoms with Crippen molar-refractivity contribution in [2.45, 2.75) is 20.3 Å². The molecular weight excluding hydrogens is 403 g/mol. The molecule has 1 aromatic heterocycles. The number of carbonyl (C=O) groups excluding carboxylic acids is 1. The first-order valence-electron chi connectivity index (χ1n) is 8.30. The maximum atomic E-state index is 13.3. The molecule has 144 valence electrons. The molecule has 9 heteroatoms. The fourth-order valence-corrected chi connectivity index (χ4v) is 6.77. The molecule has 0 amide bonds. The van der Waals surface area contributed by atoms with Crippen LogP contribution in [0.2, 0.25) is 0 Å². The van der Waals surface area contributed by atoms with Gasteiger partial charge in [-0.1, -0.05) is 35.7 Å². The highest BCUT2D eigenvalue weighted by Crippen LogP contribution is 2.39. The van der Waals surface area contributed by atoms with Gasteiger partial charge in [-0.25, -0.2) is 22.5 Å². The minimum Gasteiger partial charge on any atom is -0.465 e. The lowest BCUT2D eigenvalue weighted by atomic mass is 9.98. The molecule has 0 saturated carbocycles. The second-order valence-electron chi connectivity index (χ2n) is 6.48. The summed E-state index contributed by atoms with van der Waals surface area (Å²) in [4.78, 5) is 16.8. The van der Waals surface area contributed by atoms with Crippen molar-refractivity contribution < 1.29 is 17.9 Å². The van der Waals surface area contributed by atoms with E-state index in [0.29, 0.717) is 27.5 Å². The van der Waals surface area contributed by atoms with E-state index in [-0.39, 0.29) is 5.92 Å². The second kappa shape index (κ2) is 7.34. The highest BCUT2D eigenvalue weighted by atomic mass is 32.2. The normalized spacial score (nSPS) is 17.8. The minimum absolute atomic E-state index is 0.116. The molecule has 1 heterocycles. The van der Waals surface area contributed by atoms with Crippen molar-refractivity contribution in [3.63, 3.8) is 0 Å². The van der Waals surface area contributed by atoms with Crippen molar-refractivity contribution in [3.05, 3.63) is 45.6 Å². The van der Waals surface area contributed by atoms with Crippen molar-refractivity contribution in [3.8, 4) is 0 Å². The van der Waals surface area contributed by atoms with Gasteiger partial charge in [0.15, 0.2) is 5.13 Å². The molecule has 0 N–H and O–H groups in total. The Morgan fingerprint density at radius 2 is 2.11 bits per heavy atom. The molecule has 0 fully saturated rings. The quantitative estimate of drug-likeness (QED) is 0.549. The predicted molar refractivity (Wildman–Crippen MR) is 113 cm³/mol. The van der Waals surface area contributed by atoms with E-state index in [2.05, 4.69) is 14.2 Å². The summed E-state index contributed by atoms with van der Waals surface area (Å²) >= 11 is 1.23. The molecule has 0 radical (unpaired) electrons. The number of nitrogens with zero attached hydrogens (tertiary/aromatic N) is 2. The number of carbonyl (C=O) groups is 1. The number of rotatable bonds is 4. The summed E-state index contributed by atoms with van der Waals surface area (Å²) < 4.78 is 33.3. The average molecular weight is 424 g/mol. The van der Waals surface area contributed by atoms with Crippen molar-refractivity contribution in [2.75, 3.05) is 18.5 Å². The molecule has 3 rings (SSSR count). The molecule has 1 aliphatic carbocycles. The first-order chi connectivity index (χ1) is 12.7. The predicted octanol–water partition coefficient (Wildman–Crippen LogP) is 3.92. The van der Waals surface area contributed by atoms with Crippen molar-refractivity contribution in [1.82, 2.24) is 4.98 Å². The van der Waals surface area contributed by atoms with Gasteiger partial charge < -0.3 is 4.74 Å². The fourth-order valence-electron chi connectivity index (χ4n) is 3.30. The molecule has 0 saturated heterocycles. The van der Waals surface area contributed by atoms with Crippen LogP contribution >= 0.6 is 20.6 Å². The standard InChI is InChI=1S/C18H21N2O4PS2/c1-10-8-12(25)9-11(2)16(10)27(22,23)20(3)18-19-15-13(17(21)24-4)6-5-7-14(15)26-18/h5-8,11H,9,25H2,1-4H3. The van der Waals surface area contributed by atoms with Gasteiger partial charge in [-0.05, 0) is 37.0 Å². The molecule has 2 aromatic rings. The maximum absolute atomic E-state index is 13.3. The Labute approximate surface area is 165 Å². The number of allylic oxidation sites excluding steroid dienone is 4. The number of sulfonamides is 1.